The van der Waals surface area contributed by atoms with Crippen LogP contribution < -0.4 is 5.32 Å². The van der Waals surface area contributed by atoms with Gasteiger partial charge in [0.1, 0.15) is 0 Å². The van der Waals surface area contributed by atoms with Crippen molar-refractivity contribution in [1.82, 2.24) is 4.57 Å². The summed E-state index contributed by atoms with van der Waals surface area (Å²) >= 11 is 0. The minimum atomic E-state index is -4.51. The van der Waals surface area contributed by atoms with Gasteiger partial charge >= 0.3 is 12.1 Å². The quantitative estimate of drug-likeness (QED) is 0.561. The highest BCUT2D eigenvalue weighted by Gasteiger charge is 2.30. The van der Waals surface area contributed by atoms with Gasteiger partial charge in [-0.2, -0.15) is 13.2 Å². The molecule has 154 valence electrons. The third kappa shape index (κ3) is 5.28. The first-order chi connectivity index (χ1) is 13.6. The van der Waals surface area contributed by atoms with E-state index in [1.807, 2.05) is 19.9 Å². The summed E-state index contributed by atoms with van der Waals surface area (Å²) in [6, 6.07) is 6.74. The number of esters is 1. The fraction of sp³-hybridized carbons (Fsp3) is 0.333. The van der Waals surface area contributed by atoms with Gasteiger partial charge < -0.3 is 14.6 Å². The van der Waals surface area contributed by atoms with Crippen LogP contribution in [0.25, 0.3) is 6.08 Å². The molecule has 0 radical (unpaired) electrons. The second-order valence-electron chi connectivity index (χ2n) is 7.00. The molecule has 0 saturated heterocycles. The number of hydrogen-bond acceptors (Lipinski definition) is 3. The van der Waals surface area contributed by atoms with E-state index in [1.54, 1.807) is 6.08 Å². The largest absolute Gasteiger partial charge is 0.452 e. The average molecular weight is 406 g/mol. The van der Waals surface area contributed by atoms with Gasteiger partial charge in [0, 0.05) is 29.2 Å². The van der Waals surface area contributed by atoms with Crippen LogP contribution >= 0.6 is 0 Å². The lowest BCUT2D eigenvalue weighted by atomic mass is 10.2. The third-order valence-electron chi connectivity index (χ3n) is 4.65. The van der Waals surface area contributed by atoms with Crippen molar-refractivity contribution in [2.24, 2.45) is 0 Å². The molecule has 0 atom stereocenters. The second kappa shape index (κ2) is 8.14. The van der Waals surface area contributed by atoms with E-state index < -0.39 is 30.2 Å². The fourth-order valence-corrected chi connectivity index (χ4v) is 3.18. The first-order valence-corrected chi connectivity index (χ1v) is 9.15. The Labute approximate surface area is 166 Å². The molecule has 29 heavy (non-hydrogen) atoms. The van der Waals surface area contributed by atoms with E-state index in [0.29, 0.717) is 6.04 Å². The van der Waals surface area contributed by atoms with Crippen molar-refractivity contribution < 1.29 is 27.5 Å². The molecule has 3 rings (SSSR count). The van der Waals surface area contributed by atoms with Crippen molar-refractivity contribution in [2.45, 2.75) is 38.9 Å². The number of rotatable bonds is 6. The van der Waals surface area contributed by atoms with Crippen LogP contribution in [0.2, 0.25) is 0 Å². The van der Waals surface area contributed by atoms with E-state index in [4.69, 9.17) is 4.74 Å². The molecule has 1 amide bonds. The zero-order chi connectivity index (χ0) is 21.2. The maximum absolute atomic E-state index is 12.7. The van der Waals surface area contributed by atoms with Crippen LogP contribution in [0.1, 0.15) is 41.4 Å². The van der Waals surface area contributed by atoms with E-state index >= 15 is 0 Å². The van der Waals surface area contributed by atoms with Crippen LogP contribution in [-0.4, -0.2) is 23.1 Å². The maximum atomic E-state index is 12.7. The van der Waals surface area contributed by atoms with Crippen molar-refractivity contribution >= 4 is 23.6 Å². The summed E-state index contributed by atoms with van der Waals surface area (Å²) in [6.07, 6.45) is 0.669. The molecular formula is C21H21F3N2O3. The molecular weight excluding hydrogens is 385 g/mol. The van der Waals surface area contributed by atoms with Gasteiger partial charge in [0.15, 0.2) is 6.61 Å². The third-order valence-corrected chi connectivity index (χ3v) is 4.65. The maximum Gasteiger partial charge on any atom is 0.416 e. The van der Waals surface area contributed by atoms with Crippen LogP contribution in [0, 0.1) is 13.8 Å². The number of amides is 1. The van der Waals surface area contributed by atoms with Crippen molar-refractivity contribution in [3.05, 3.63) is 58.9 Å². The molecule has 1 saturated carbocycles. The smallest absolute Gasteiger partial charge is 0.416 e. The number of halogens is 3. The predicted molar refractivity (Wildman–Crippen MR) is 102 cm³/mol. The first kappa shape index (κ1) is 20.7. The number of nitrogens with one attached hydrogen (secondary N) is 1. The molecule has 2 aromatic rings. The zero-order valence-corrected chi connectivity index (χ0v) is 16.0. The number of aryl methyl sites for hydroxylation is 1. The molecule has 8 heteroatoms. The molecule has 5 nitrogen and oxygen atoms in total. The number of nitrogens with zero attached hydrogens (tertiary/aromatic N) is 1. The minimum Gasteiger partial charge on any atom is -0.452 e. The predicted octanol–water partition coefficient (Wildman–Crippen LogP) is 4.65. The number of ether oxygens (including phenoxy) is 1. The Kier molecular flexibility index (Phi) is 5.81. The molecule has 1 aromatic heterocycles. The number of carbonyl (C=O) groups is 2. The molecule has 0 spiro atoms. The first-order valence-electron chi connectivity index (χ1n) is 9.15. The lowest BCUT2D eigenvalue weighted by Gasteiger charge is -2.09. The molecule has 1 aliphatic carbocycles. The number of anilines is 1. The van der Waals surface area contributed by atoms with E-state index in [0.717, 1.165) is 41.9 Å². The number of carbonyl (C=O) groups excluding carboxylic acids is 2. The summed E-state index contributed by atoms with van der Waals surface area (Å²) in [5.74, 6) is -1.43. The van der Waals surface area contributed by atoms with Gasteiger partial charge in [-0.3, -0.25) is 4.79 Å². The van der Waals surface area contributed by atoms with Gasteiger partial charge in [-0.1, -0.05) is 6.07 Å². The molecule has 1 N–H and O–H groups in total. The Balaban J connectivity index is 1.52. The minimum absolute atomic E-state index is 0.0241. The molecule has 0 unspecified atom stereocenters. The van der Waals surface area contributed by atoms with Gasteiger partial charge in [0.05, 0.1) is 5.56 Å². The number of alkyl halides is 3. The monoisotopic (exact) mass is 406 g/mol. The highest BCUT2D eigenvalue weighted by molar-refractivity contribution is 5.94. The fourth-order valence-electron chi connectivity index (χ4n) is 3.18. The molecule has 0 bridgehead atoms. The molecule has 1 aliphatic rings. The Morgan fingerprint density at radius 2 is 1.97 bits per heavy atom. The lowest BCUT2D eigenvalue weighted by molar-refractivity contribution is -0.142. The Bertz CT molecular complexity index is 957. The average Bonchev–Trinajstić information content (AvgIpc) is 3.43. The van der Waals surface area contributed by atoms with Crippen LogP contribution in [0.3, 0.4) is 0 Å². The molecule has 1 aromatic carbocycles. The Morgan fingerprint density at radius 3 is 2.62 bits per heavy atom. The van der Waals surface area contributed by atoms with E-state index in [1.165, 1.54) is 18.2 Å². The van der Waals surface area contributed by atoms with Crippen LogP contribution in [-0.2, 0) is 20.5 Å². The van der Waals surface area contributed by atoms with Crippen molar-refractivity contribution in [3.63, 3.8) is 0 Å². The summed E-state index contributed by atoms with van der Waals surface area (Å²) < 4.78 is 45.2. The molecule has 1 heterocycles. The van der Waals surface area contributed by atoms with Crippen molar-refractivity contribution in [3.8, 4) is 0 Å². The van der Waals surface area contributed by atoms with Gasteiger partial charge in [-0.15, -0.1) is 0 Å². The summed E-state index contributed by atoms with van der Waals surface area (Å²) in [7, 11) is 0. The SMILES string of the molecule is Cc1cc(/C=C/C(=O)OCC(=O)Nc2cccc(C(F)(F)F)c2)c(C)n1C1CC1. The zero-order valence-electron chi connectivity index (χ0n) is 16.0. The molecule has 1 fully saturated rings. The van der Waals surface area contributed by atoms with E-state index in [-0.39, 0.29) is 5.69 Å². The second-order valence-corrected chi connectivity index (χ2v) is 7.00. The summed E-state index contributed by atoms with van der Waals surface area (Å²) in [4.78, 5) is 23.7. The van der Waals surface area contributed by atoms with Gasteiger partial charge in [-0.05, 0) is 62.6 Å². The highest BCUT2D eigenvalue weighted by Crippen LogP contribution is 2.38. The van der Waals surface area contributed by atoms with Gasteiger partial charge in [0.2, 0.25) is 0 Å². The number of hydrogen-bond donors (Lipinski definition) is 1. The van der Waals surface area contributed by atoms with Crippen LogP contribution in [0.5, 0.6) is 0 Å². The number of benzene rings is 1. The van der Waals surface area contributed by atoms with Crippen molar-refractivity contribution in [1.29, 1.82) is 0 Å². The van der Waals surface area contributed by atoms with E-state index in [9.17, 15) is 22.8 Å². The van der Waals surface area contributed by atoms with Crippen LogP contribution in [0.4, 0.5) is 18.9 Å². The lowest BCUT2D eigenvalue weighted by Crippen LogP contribution is -2.20. The Morgan fingerprint density at radius 1 is 1.24 bits per heavy atom. The Hall–Kier alpha value is -3.03. The normalized spacial score (nSPS) is 14.2. The molecule has 0 aliphatic heterocycles. The topological polar surface area (TPSA) is 60.3 Å². The summed E-state index contributed by atoms with van der Waals surface area (Å²) in [5.41, 5.74) is 2.19. The van der Waals surface area contributed by atoms with Gasteiger partial charge in [-0.25, -0.2) is 4.79 Å². The summed E-state index contributed by atoms with van der Waals surface area (Å²) in [5, 5.41) is 2.28. The van der Waals surface area contributed by atoms with Gasteiger partial charge in [0.25, 0.3) is 5.91 Å². The standard InChI is InChI=1S/C21H21F3N2O3/c1-13-10-15(14(2)26(13)18-7-8-18)6-9-20(28)29-12-19(27)25-17-5-3-4-16(11-17)21(22,23)24/h3-6,9-11,18H,7-8,12H2,1-2H3,(H,25,27)/b9-6+. The number of aromatic nitrogens is 1. The highest BCUT2D eigenvalue weighted by atomic mass is 19.4. The van der Waals surface area contributed by atoms with Crippen LogP contribution in [0.15, 0.2) is 36.4 Å². The van der Waals surface area contributed by atoms with Crippen molar-refractivity contribution in [2.75, 3.05) is 11.9 Å². The summed E-state index contributed by atoms with van der Waals surface area (Å²) in [6.45, 7) is 3.40. The van der Waals surface area contributed by atoms with E-state index in [2.05, 4.69) is 9.88 Å².